The molecule has 116 valence electrons. The molecule has 0 aliphatic heterocycles. The fraction of sp³-hybridized carbons (Fsp3) is 0.611. The minimum Gasteiger partial charge on any atom is -0.330 e. The number of nitrogens with two attached hydrogens (primary N) is 1. The molecule has 21 heavy (non-hydrogen) atoms. The van der Waals surface area contributed by atoms with E-state index in [1.54, 1.807) is 0 Å². The molecule has 0 spiro atoms. The van der Waals surface area contributed by atoms with Crippen molar-refractivity contribution in [1.82, 2.24) is 0 Å². The summed E-state index contributed by atoms with van der Waals surface area (Å²) in [6, 6.07) is 8.07. The number of anilines is 1. The van der Waals surface area contributed by atoms with E-state index in [1.807, 2.05) is 24.3 Å². The van der Waals surface area contributed by atoms with Gasteiger partial charge in [-0.25, -0.2) is 0 Å². The molecule has 3 heteroatoms. The second-order valence-electron chi connectivity index (χ2n) is 6.78. The van der Waals surface area contributed by atoms with E-state index in [2.05, 4.69) is 19.2 Å². The van der Waals surface area contributed by atoms with Crippen LogP contribution in [0.1, 0.15) is 51.5 Å². The Balaban J connectivity index is 2.04. The summed E-state index contributed by atoms with van der Waals surface area (Å²) in [4.78, 5) is 12.8. The fourth-order valence-electron chi connectivity index (χ4n) is 3.54. The van der Waals surface area contributed by atoms with Gasteiger partial charge < -0.3 is 11.1 Å². The lowest BCUT2D eigenvalue weighted by Gasteiger charge is -2.29. The van der Waals surface area contributed by atoms with Gasteiger partial charge in [0.1, 0.15) is 0 Å². The summed E-state index contributed by atoms with van der Waals surface area (Å²) < 4.78 is 0. The van der Waals surface area contributed by atoms with E-state index in [1.165, 1.54) is 18.4 Å². The Kier molecular flexibility index (Phi) is 5.40. The largest absolute Gasteiger partial charge is 0.330 e. The normalized spacial score (nSPS) is 17.1. The Morgan fingerprint density at radius 2 is 1.86 bits per heavy atom. The predicted octanol–water partition coefficient (Wildman–Crippen LogP) is 3.73. The van der Waals surface area contributed by atoms with Gasteiger partial charge in [-0.1, -0.05) is 38.8 Å². The molecule has 0 unspecified atom stereocenters. The number of nitrogens with one attached hydrogen (secondary N) is 1. The summed E-state index contributed by atoms with van der Waals surface area (Å²) in [5, 5.41) is 3.13. The van der Waals surface area contributed by atoms with Gasteiger partial charge in [0.15, 0.2) is 0 Å². The highest BCUT2D eigenvalue weighted by Crippen LogP contribution is 2.44. The van der Waals surface area contributed by atoms with Crippen LogP contribution in [0.2, 0.25) is 0 Å². The molecule has 1 aromatic rings. The second-order valence-corrected chi connectivity index (χ2v) is 6.78. The molecule has 0 atom stereocenters. The summed E-state index contributed by atoms with van der Waals surface area (Å²) >= 11 is 0. The van der Waals surface area contributed by atoms with Crippen molar-refractivity contribution >= 4 is 11.6 Å². The van der Waals surface area contributed by atoms with Crippen LogP contribution in [0.5, 0.6) is 0 Å². The van der Waals surface area contributed by atoms with Crippen molar-refractivity contribution in [3.8, 4) is 0 Å². The van der Waals surface area contributed by atoms with Crippen LogP contribution in [0.3, 0.4) is 0 Å². The van der Waals surface area contributed by atoms with Crippen molar-refractivity contribution in [1.29, 1.82) is 0 Å². The van der Waals surface area contributed by atoms with Crippen LogP contribution < -0.4 is 11.1 Å². The van der Waals surface area contributed by atoms with E-state index in [0.29, 0.717) is 12.5 Å². The average molecular weight is 288 g/mol. The molecule has 1 aliphatic rings. The third kappa shape index (κ3) is 4.07. The number of hydrogen-bond donors (Lipinski definition) is 2. The second kappa shape index (κ2) is 7.08. The molecule has 1 aromatic carbocycles. The van der Waals surface area contributed by atoms with Crippen LogP contribution in [-0.4, -0.2) is 12.5 Å². The first kappa shape index (κ1) is 16.0. The molecule has 2 rings (SSSR count). The van der Waals surface area contributed by atoms with Gasteiger partial charge in [-0.2, -0.15) is 0 Å². The lowest BCUT2D eigenvalue weighted by molar-refractivity contribution is -0.126. The summed E-state index contributed by atoms with van der Waals surface area (Å²) in [6.07, 6.45) is 6.28. The zero-order valence-corrected chi connectivity index (χ0v) is 13.3. The van der Waals surface area contributed by atoms with Crippen LogP contribution in [-0.2, 0) is 11.2 Å². The molecule has 1 amide bonds. The third-order valence-corrected chi connectivity index (χ3v) is 4.49. The van der Waals surface area contributed by atoms with Gasteiger partial charge in [0.05, 0.1) is 0 Å². The zero-order valence-electron chi connectivity index (χ0n) is 13.3. The average Bonchev–Trinajstić information content (AvgIpc) is 2.90. The molecule has 0 aromatic heterocycles. The highest BCUT2D eigenvalue weighted by Gasteiger charge is 2.41. The minimum absolute atomic E-state index is 0.149. The number of rotatable bonds is 6. The first-order valence-corrected chi connectivity index (χ1v) is 8.16. The van der Waals surface area contributed by atoms with E-state index in [0.717, 1.165) is 31.4 Å². The van der Waals surface area contributed by atoms with Crippen molar-refractivity contribution in [2.75, 3.05) is 11.9 Å². The quantitative estimate of drug-likeness (QED) is 0.838. The first-order chi connectivity index (χ1) is 10.1. The molecule has 0 saturated heterocycles. The Labute approximate surface area is 128 Å². The van der Waals surface area contributed by atoms with Gasteiger partial charge in [0.2, 0.25) is 5.91 Å². The Bertz CT molecular complexity index is 459. The smallest absolute Gasteiger partial charge is 0.230 e. The van der Waals surface area contributed by atoms with Gasteiger partial charge in [0.25, 0.3) is 0 Å². The van der Waals surface area contributed by atoms with Crippen LogP contribution >= 0.6 is 0 Å². The van der Waals surface area contributed by atoms with Gasteiger partial charge in [-0.3, -0.25) is 4.79 Å². The fourth-order valence-corrected chi connectivity index (χ4v) is 3.54. The molecule has 3 nitrogen and oxygen atoms in total. The highest BCUT2D eigenvalue weighted by molar-refractivity contribution is 5.95. The van der Waals surface area contributed by atoms with Gasteiger partial charge in [-0.15, -0.1) is 0 Å². The van der Waals surface area contributed by atoms with Gasteiger partial charge >= 0.3 is 0 Å². The number of carbonyl (C=O) groups is 1. The molecule has 1 fully saturated rings. The molecule has 0 heterocycles. The molecule has 1 saturated carbocycles. The molecular weight excluding hydrogens is 260 g/mol. The van der Waals surface area contributed by atoms with E-state index in [9.17, 15) is 4.79 Å². The summed E-state index contributed by atoms with van der Waals surface area (Å²) in [5.74, 6) is 0.765. The maximum Gasteiger partial charge on any atom is 0.230 e. The number of carbonyl (C=O) groups excluding carboxylic acids is 1. The van der Waals surface area contributed by atoms with Crippen molar-refractivity contribution in [3.63, 3.8) is 0 Å². The Morgan fingerprint density at radius 1 is 1.24 bits per heavy atom. The van der Waals surface area contributed by atoms with E-state index in [-0.39, 0.29) is 11.3 Å². The van der Waals surface area contributed by atoms with Crippen molar-refractivity contribution in [2.45, 2.75) is 52.4 Å². The first-order valence-electron chi connectivity index (χ1n) is 8.16. The predicted molar refractivity (Wildman–Crippen MR) is 88.2 cm³/mol. The summed E-state index contributed by atoms with van der Waals surface area (Å²) in [7, 11) is 0. The third-order valence-electron chi connectivity index (χ3n) is 4.49. The lowest BCUT2D eigenvalue weighted by atomic mass is 9.77. The molecule has 3 N–H and O–H groups in total. The molecule has 0 bridgehead atoms. The van der Waals surface area contributed by atoms with Crippen LogP contribution in [0.25, 0.3) is 0 Å². The standard InChI is InChI=1S/C18H28N2O/c1-14(2)13-18(10-3-4-11-18)17(21)20-16-7-5-15(6-8-16)9-12-19/h5-8,14H,3-4,9-13,19H2,1-2H3,(H,20,21). The zero-order chi connectivity index (χ0) is 15.3. The van der Waals surface area contributed by atoms with Crippen molar-refractivity contribution in [2.24, 2.45) is 17.1 Å². The number of amides is 1. The maximum atomic E-state index is 12.8. The SMILES string of the molecule is CC(C)CC1(C(=O)Nc2ccc(CCN)cc2)CCCC1. The van der Waals surface area contributed by atoms with Crippen molar-refractivity contribution in [3.05, 3.63) is 29.8 Å². The lowest BCUT2D eigenvalue weighted by Crippen LogP contribution is -2.35. The molecule has 0 radical (unpaired) electrons. The van der Waals surface area contributed by atoms with E-state index in [4.69, 9.17) is 5.73 Å². The highest BCUT2D eigenvalue weighted by atomic mass is 16.2. The Hall–Kier alpha value is -1.35. The van der Waals surface area contributed by atoms with E-state index < -0.39 is 0 Å². The maximum absolute atomic E-state index is 12.8. The van der Waals surface area contributed by atoms with E-state index >= 15 is 0 Å². The van der Waals surface area contributed by atoms with Crippen LogP contribution in [0, 0.1) is 11.3 Å². The van der Waals surface area contributed by atoms with Crippen LogP contribution in [0.15, 0.2) is 24.3 Å². The number of hydrogen-bond acceptors (Lipinski definition) is 2. The number of benzene rings is 1. The topological polar surface area (TPSA) is 55.1 Å². The monoisotopic (exact) mass is 288 g/mol. The van der Waals surface area contributed by atoms with Gasteiger partial charge in [-0.05, 0) is 55.8 Å². The molecular formula is C18H28N2O. The van der Waals surface area contributed by atoms with Crippen LogP contribution in [0.4, 0.5) is 5.69 Å². The van der Waals surface area contributed by atoms with Gasteiger partial charge in [0, 0.05) is 11.1 Å². The summed E-state index contributed by atoms with van der Waals surface area (Å²) in [5.41, 5.74) is 7.52. The molecule has 1 aliphatic carbocycles. The van der Waals surface area contributed by atoms with Crippen molar-refractivity contribution < 1.29 is 4.79 Å². The minimum atomic E-state index is -0.149. The Morgan fingerprint density at radius 3 is 2.38 bits per heavy atom. The summed E-state index contributed by atoms with van der Waals surface area (Å²) in [6.45, 7) is 5.06.